The van der Waals surface area contributed by atoms with Crippen molar-refractivity contribution in [1.82, 2.24) is 10.2 Å². The van der Waals surface area contributed by atoms with E-state index in [4.69, 9.17) is 4.74 Å². The lowest BCUT2D eigenvalue weighted by molar-refractivity contribution is 0.0891. The van der Waals surface area contributed by atoms with Gasteiger partial charge in [0.2, 0.25) is 0 Å². The fourth-order valence-corrected chi connectivity index (χ4v) is 4.53. The molecule has 2 heterocycles. The molecule has 2 aliphatic heterocycles. The number of piperidine rings is 1. The number of para-hydroxylation sites is 2. The van der Waals surface area contributed by atoms with E-state index in [1.54, 1.807) is 0 Å². The number of rotatable bonds is 5. The predicted molar refractivity (Wildman–Crippen MR) is 112 cm³/mol. The summed E-state index contributed by atoms with van der Waals surface area (Å²) in [6.07, 6.45) is 3.27. The van der Waals surface area contributed by atoms with Crippen molar-refractivity contribution in [2.24, 2.45) is 0 Å². The van der Waals surface area contributed by atoms with Gasteiger partial charge in [-0.25, -0.2) is 9.18 Å². The minimum absolute atomic E-state index is 0.000172. The molecule has 0 saturated carbocycles. The zero-order valence-corrected chi connectivity index (χ0v) is 16.9. The molecule has 6 nitrogen and oxygen atoms in total. The van der Waals surface area contributed by atoms with Crippen molar-refractivity contribution in [3.63, 3.8) is 0 Å². The molecule has 4 rings (SSSR count). The molecule has 30 heavy (non-hydrogen) atoms. The third-order valence-electron chi connectivity index (χ3n) is 5.84. The van der Waals surface area contributed by atoms with Gasteiger partial charge in [0.1, 0.15) is 11.6 Å². The summed E-state index contributed by atoms with van der Waals surface area (Å²) in [6.45, 7) is 2.43. The van der Waals surface area contributed by atoms with E-state index in [2.05, 4.69) is 10.6 Å². The van der Waals surface area contributed by atoms with Gasteiger partial charge in [-0.05, 0) is 69.0 Å². The number of anilines is 1. The molecule has 2 N–H and O–H groups in total. The Morgan fingerprint density at radius 3 is 2.40 bits per heavy atom. The van der Waals surface area contributed by atoms with Crippen LogP contribution in [0.1, 0.15) is 43.0 Å². The summed E-state index contributed by atoms with van der Waals surface area (Å²) in [5.74, 6) is 0.0833. The van der Waals surface area contributed by atoms with Gasteiger partial charge in [0.15, 0.2) is 0 Å². The van der Waals surface area contributed by atoms with Crippen LogP contribution in [0.25, 0.3) is 0 Å². The van der Waals surface area contributed by atoms with E-state index in [0.717, 1.165) is 12.8 Å². The molecule has 2 bridgehead atoms. The van der Waals surface area contributed by atoms with Crippen LogP contribution in [0.4, 0.5) is 14.9 Å². The number of fused-ring (bicyclic) bond motifs is 2. The van der Waals surface area contributed by atoms with Crippen molar-refractivity contribution >= 4 is 17.6 Å². The van der Waals surface area contributed by atoms with Gasteiger partial charge < -0.3 is 20.3 Å². The molecule has 0 aliphatic carbocycles. The Balaban J connectivity index is 1.39. The fourth-order valence-electron chi connectivity index (χ4n) is 4.53. The molecule has 0 spiro atoms. The summed E-state index contributed by atoms with van der Waals surface area (Å²) in [7, 11) is 0. The Labute approximate surface area is 175 Å². The average Bonchev–Trinajstić information content (AvgIpc) is 3.01. The summed E-state index contributed by atoms with van der Waals surface area (Å²) in [5.41, 5.74) is 1.10. The van der Waals surface area contributed by atoms with Gasteiger partial charge in [-0.2, -0.15) is 0 Å². The summed E-state index contributed by atoms with van der Waals surface area (Å²) < 4.78 is 18.7. The third-order valence-corrected chi connectivity index (χ3v) is 5.84. The maximum atomic E-state index is 13.1. The van der Waals surface area contributed by atoms with Crippen molar-refractivity contribution in [2.75, 3.05) is 11.9 Å². The van der Waals surface area contributed by atoms with E-state index in [0.29, 0.717) is 36.4 Å². The van der Waals surface area contributed by atoms with Crippen LogP contribution in [-0.2, 0) is 0 Å². The first-order valence-electron chi connectivity index (χ1n) is 10.4. The van der Waals surface area contributed by atoms with Crippen LogP contribution in [0.5, 0.6) is 5.75 Å². The molecule has 7 heteroatoms. The Bertz CT molecular complexity index is 904. The zero-order chi connectivity index (χ0) is 21.1. The number of nitrogens with zero attached hydrogens (tertiary/aromatic N) is 1. The van der Waals surface area contributed by atoms with E-state index in [1.165, 1.54) is 24.3 Å². The Morgan fingerprint density at radius 2 is 1.73 bits per heavy atom. The van der Waals surface area contributed by atoms with E-state index in [9.17, 15) is 14.0 Å². The highest BCUT2D eigenvalue weighted by atomic mass is 19.1. The van der Waals surface area contributed by atoms with Crippen LogP contribution in [0, 0.1) is 5.82 Å². The van der Waals surface area contributed by atoms with Gasteiger partial charge in [0.05, 0.1) is 12.3 Å². The topological polar surface area (TPSA) is 70.7 Å². The molecular weight excluding hydrogens is 385 g/mol. The molecule has 0 radical (unpaired) electrons. The third kappa shape index (κ3) is 4.25. The number of urea groups is 1. The van der Waals surface area contributed by atoms with Gasteiger partial charge in [-0.15, -0.1) is 0 Å². The van der Waals surface area contributed by atoms with Crippen molar-refractivity contribution in [2.45, 2.75) is 50.7 Å². The highest BCUT2D eigenvalue weighted by molar-refractivity contribution is 5.94. The maximum absolute atomic E-state index is 13.1. The van der Waals surface area contributed by atoms with E-state index in [-0.39, 0.29) is 35.9 Å². The normalized spacial score (nSPS) is 22.5. The quantitative estimate of drug-likeness (QED) is 0.775. The fraction of sp³-hybridized carbons (Fsp3) is 0.391. The van der Waals surface area contributed by atoms with Gasteiger partial charge in [0.25, 0.3) is 5.91 Å². The summed E-state index contributed by atoms with van der Waals surface area (Å²) in [5, 5.41) is 6.04. The smallest absolute Gasteiger partial charge is 0.322 e. The number of hydrogen-bond donors (Lipinski definition) is 2. The second kappa shape index (κ2) is 8.73. The molecule has 158 valence electrons. The zero-order valence-electron chi connectivity index (χ0n) is 16.9. The SMILES string of the molecule is CCOc1ccccc1NC(=O)N1[C@@H]2CC[C@H]1CC(NC(=O)c1ccc(F)cc1)C2. The molecule has 2 aromatic carbocycles. The molecule has 2 aromatic rings. The number of ether oxygens (including phenoxy) is 1. The van der Waals surface area contributed by atoms with Crippen molar-refractivity contribution < 1.29 is 18.7 Å². The minimum Gasteiger partial charge on any atom is -0.492 e. The number of nitrogens with one attached hydrogen (secondary N) is 2. The average molecular weight is 411 g/mol. The van der Waals surface area contributed by atoms with Gasteiger partial charge in [-0.1, -0.05) is 12.1 Å². The summed E-state index contributed by atoms with van der Waals surface area (Å²) in [4.78, 5) is 27.4. The first-order valence-corrected chi connectivity index (χ1v) is 10.4. The van der Waals surface area contributed by atoms with Crippen molar-refractivity contribution in [3.8, 4) is 5.75 Å². The van der Waals surface area contributed by atoms with E-state index < -0.39 is 0 Å². The first kappa shape index (κ1) is 20.2. The standard InChI is InChI=1S/C23H26FN3O3/c1-2-30-21-6-4-3-5-20(21)26-23(29)27-18-11-12-19(27)14-17(13-18)25-22(28)15-7-9-16(24)10-8-15/h3-10,17-19H,2,11-14H2,1H3,(H,25,28)(H,26,29)/t17?,18-,19+. The molecule has 3 amide bonds. The van der Waals surface area contributed by atoms with Crippen LogP contribution >= 0.6 is 0 Å². The Morgan fingerprint density at radius 1 is 1.07 bits per heavy atom. The molecule has 2 aliphatic rings. The maximum Gasteiger partial charge on any atom is 0.322 e. The van der Waals surface area contributed by atoms with Crippen LogP contribution in [-0.4, -0.2) is 41.6 Å². The number of carbonyl (C=O) groups excluding carboxylic acids is 2. The predicted octanol–water partition coefficient (Wildman–Crippen LogP) is 4.18. The van der Waals surface area contributed by atoms with Crippen LogP contribution in [0.2, 0.25) is 0 Å². The van der Waals surface area contributed by atoms with Crippen molar-refractivity contribution in [3.05, 3.63) is 59.9 Å². The lowest BCUT2D eigenvalue weighted by atomic mass is 9.97. The Kier molecular flexibility index (Phi) is 5.88. The second-order valence-electron chi connectivity index (χ2n) is 7.80. The number of hydrogen-bond acceptors (Lipinski definition) is 3. The lowest BCUT2D eigenvalue weighted by Gasteiger charge is -2.39. The van der Waals surface area contributed by atoms with Gasteiger partial charge in [-0.3, -0.25) is 4.79 Å². The highest BCUT2D eigenvalue weighted by Crippen LogP contribution is 2.37. The number of carbonyl (C=O) groups is 2. The minimum atomic E-state index is -0.366. The lowest BCUT2D eigenvalue weighted by Crippen LogP contribution is -2.53. The molecule has 2 fully saturated rings. The van der Waals surface area contributed by atoms with Gasteiger partial charge >= 0.3 is 6.03 Å². The van der Waals surface area contributed by atoms with E-state index >= 15 is 0 Å². The van der Waals surface area contributed by atoms with Crippen LogP contribution in [0.3, 0.4) is 0 Å². The van der Waals surface area contributed by atoms with Gasteiger partial charge in [0, 0.05) is 23.7 Å². The monoisotopic (exact) mass is 411 g/mol. The number of benzene rings is 2. The molecule has 2 saturated heterocycles. The van der Waals surface area contributed by atoms with E-state index in [1.807, 2.05) is 36.1 Å². The number of amides is 3. The number of halogens is 1. The molecule has 1 unspecified atom stereocenters. The van der Waals surface area contributed by atoms with Crippen molar-refractivity contribution in [1.29, 1.82) is 0 Å². The largest absolute Gasteiger partial charge is 0.492 e. The molecule has 3 atom stereocenters. The van der Waals surface area contributed by atoms with Crippen LogP contribution in [0.15, 0.2) is 48.5 Å². The first-order chi connectivity index (χ1) is 14.5. The molecular formula is C23H26FN3O3. The second-order valence-corrected chi connectivity index (χ2v) is 7.80. The Hall–Kier alpha value is -3.09. The summed E-state index contributed by atoms with van der Waals surface area (Å²) >= 11 is 0. The van der Waals surface area contributed by atoms with Crippen LogP contribution < -0.4 is 15.4 Å². The molecule has 0 aromatic heterocycles. The summed E-state index contributed by atoms with van der Waals surface area (Å²) in [6, 6.07) is 13.0. The highest BCUT2D eigenvalue weighted by Gasteiger charge is 2.43.